The first-order valence-corrected chi connectivity index (χ1v) is 9.98. The molecule has 1 aromatic carbocycles. The van der Waals surface area contributed by atoms with E-state index in [0.717, 1.165) is 45.5 Å². The number of hydrogen-bond donors (Lipinski definition) is 3. The number of aromatic nitrogens is 2. The third-order valence-corrected chi connectivity index (χ3v) is 5.38. The summed E-state index contributed by atoms with van der Waals surface area (Å²) in [7, 11) is 0. The maximum Gasteiger partial charge on any atom is 0.322 e. The summed E-state index contributed by atoms with van der Waals surface area (Å²) in [6.07, 6.45) is 6.65. The number of aromatic amines is 1. The molecule has 7 nitrogen and oxygen atoms in total. The van der Waals surface area contributed by atoms with Gasteiger partial charge in [-0.05, 0) is 61.2 Å². The van der Waals surface area contributed by atoms with E-state index in [-0.39, 0.29) is 11.9 Å². The van der Waals surface area contributed by atoms with Gasteiger partial charge < -0.3 is 20.5 Å². The average molecular weight is 403 g/mol. The lowest BCUT2D eigenvalue weighted by Gasteiger charge is -2.27. The van der Waals surface area contributed by atoms with Crippen LogP contribution in [0.15, 0.2) is 42.7 Å². The summed E-state index contributed by atoms with van der Waals surface area (Å²) in [5, 5.41) is 6.92. The van der Waals surface area contributed by atoms with Crippen molar-refractivity contribution in [2.24, 2.45) is 0 Å². The van der Waals surface area contributed by atoms with Crippen molar-refractivity contribution < 1.29 is 9.59 Å². The molecule has 3 amide bonds. The highest BCUT2D eigenvalue weighted by molar-refractivity contribution is 5.94. The fourth-order valence-corrected chi connectivity index (χ4v) is 3.93. The number of urea groups is 1. The third kappa shape index (κ3) is 3.91. The van der Waals surface area contributed by atoms with Crippen LogP contribution in [0.5, 0.6) is 0 Å². The number of pyridine rings is 1. The molecule has 2 aromatic heterocycles. The maximum atomic E-state index is 12.8. The van der Waals surface area contributed by atoms with E-state index < -0.39 is 0 Å². The Morgan fingerprint density at radius 3 is 2.60 bits per heavy atom. The molecule has 0 spiro atoms. The van der Waals surface area contributed by atoms with Crippen LogP contribution in [0, 0.1) is 13.8 Å². The van der Waals surface area contributed by atoms with Gasteiger partial charge in [0, 0.05) is 54.7 Å². The molecular weight excluding hydrogens is 378 g/mol. The molecular formula is C23H25N5O2. The predicted octanol–water partition coefficient (Wildman–Crippen LogP) is 4.46. The summed E-state index contributed by atoms with van der Waals surface area (Å²) in [6, 6.07) is 7.62. The van der Waals surface area contributed by atoms with Crippen LogP contribution in [0.25, 0.3) is 16.6 Å². The van der Waals surface area contributed by atoms with E-state index in [4.69, 9.17) is 0 Å². The van der Waals surface area contributed by atoms with Crippen LogP contribution < -0.4 is 10.6 Å². The van der Waals surface area contributed by atoms with Gasteiger partial charge >= 0.3 is 6.03 Å². The minimum Gasteiger partial charge on any atom is -0.346 e. The summed E-state index contributed by atoms with van der Waals surface area (Å²) in [4.78, 5) is 33.5. The minimum absolute atomic E-state index is 0.111. The van der Waals surface area contributed by atoms with Crippen LogP contribution in [0.2, 0.25) is 0 Å². The Labute approximate surface area is 175 Å². The van der Waals surface area contributed by atoms with Crippen molar-refractivity contribution in [3.8, 4) is 0 Å². The molecule has 154 valence electrons. The Morgan fingerprint density at radius 2 is 1.93 bits per heavy atom. The largest absolute Gasteiger partial charge is 0.346 e. The van der Waals surface area contributed by atoms with E-state index in [9.17, 15) is 9.59 Å². The lowest BCUT2D eigenvalue weighted by Crippen LogP contribution is -2.37. The van der Waals surface area contributed by atoms with Crippen molar-refractivity contribution in [3.05, 3.63) is 59.4 Å². The maximum absolute atomic E-state index is 12.8. The van der Waals surface area contributed by atoms with Crippen LogP contribution in [-0.2, 0) is 4.79 Å². The van der Waals surface area contributed by atoms with E-state index in [0.29, 0.717) is 13.1 Å². The zero-order valence-corrected chi connectivity index (χ0v) is 17.4. The first kappa shape index (κ1) is 19.7. The van der Waals surface area contributed by atoms with Crippen LogP contribution in [0.4, 0.5) is 16.2 Å². The van der Waals surface area contributed by atoms with Gasteiger partial charge in [-0.2, -0.15) is 0 Å². The monoisotopic (exact) mass is 403 g/mol. The Hall–Kier alpha value is -3.61. The highest BCUT2D eigenvalue weighted by Gasteiger charge is 2.20. The molecule has 0 atom stereocenters. The standard InChI is InChI=1S/C23H25N5O2/c1-14-11-18(12-15(2)21(14)26-16(3)29)27-23(30)28-9-6-17(7-10-28)20-13-25-22-19(20)5-4-8-24-22/h4-6,8,11-13H,7,9-10H2,1-3H3,(H,24,25)(H,26,29)(H,27,30). The molecule has 0 saturated carbocycles. The summed E-state index contributed by atoms with van der Waals surface area (Å²) < 4.78 is 0. The third-order valence-electron chi connectivity index (χ3n) is 5.38. The van der Waals surface area contributed by atoms with E-state index >= 15 is 0 Å². The second-order valence-electron chi connectivity index (χ2n) is 7.62. The summed E-state index contributed by atoms with van der Waals surface area (Å²) >= 11 is 0. The highest BCUT2D eigenvalue weighted by Crippen LogP contribution is 2.29. The van der Waals surface area contributed by atoms with Crippen molar-refractivity contribution >= 4 is 39.9 Å². The van der Waals surface area contributed by atoms with Crippen molar-refractivity contribution in [1.29, 1.82) is 0 Å². The normalized spacial score (nSPS) is 13.8. The predicted molar refractivity (Wildman–Crippen MR) is 119 cm³/mol. The average Bonchev–Trinajstić information content (AvgIpc) is 3.15. The molecule has 0 bridgehead atoms. The number of benzene rings is 1. The van der Waals surface area contributed by atoms with Gasteiger partial charge in [-0.1, -0.05) is 6.08 Å². The number of carbonyl (C=O) groups excluding carboxylic acids is 2. The van der Waals surface area contributed by atoms with Gasteiger partial charge in [0.15, 0.2) is 0 Å². The first-order valence-electron chi connectivity index (χ1n) is 9.98. The Balaban J connectivity index is 1.45. The number of H-pyrrole nitrogens is 1. The smallest absolute Gasteiger partial charge is 0.322 e. The summed E-state index contributed by atoms with van der Waals surface area (Å²) in [5.74, 6) is -0.111. The molecule has 3 aromatic rings. The lowest BCUT2D eigenvalue weighted by molar-refractivity contribution is -0.114. The lowest BCUT2D eigenvalue weighted by atomic mass is 10.00. The molecule has 0 saturated heterocycles. The van der Waals surface area contributed by atoms with Crippen LogP contribution in [0.3, 0.4) is 0 Å². The number of carbonyl (C=O) groups is 2. The van der Waals surface area contributed by atoms with Crippen LogP contribution in [0.1, 0.15) is 30.0 Å². The zero-order valence-electron chi connectivity index (χ0n) is 17.4. The molecule has 1 aliphatic rings. The molecule has 4 rings (SSSR count). The van der Waals surface area contributed by atoms with Crippen LogP contribution in [-0.4, -0.2) is 39.9 Å². The van der Waals surface area contributed by atoms with Gasteiger partial charge in [0.2, 0.25) is 5.91 Å². The van der Waals surface area contributed by atoms with Gasteiger partial charge in [-0.25, -0.2) is 9.78 Å². The number of nitrogens with one attached hydrogen (secondary N) is 3. The molecule has 0 radical (unpaired) electrons. The quantitative estimate of drug-likeness (QED) is 0.603. The fraction of sp³-hybridized carbons (Fsp3) is 0.261. The number of anilines is 2. The Morgan fingerprint density at radius 1 is 1.17 bits per heavy atom. The van der Waals surface area contributed by atoms with Crippen molar-refractivity contribution in [2.75, 3.05) is 23.7 Å². The highest BCUT2D eigenvalue weighted by atomic mass is 16.2. The number of rotatable bonds is 3. The molecule has 3 N–H and O–H groups in total. The van der Waals surface area contributed by atoms with E-state index in [1.165, 1.54) is 12.5 Å². The molecule has 0 fully saturated rings. The van der Waals surface area contributed by atoms with Gasteiger partial charge in [0.05, 0.1) is 0 Å². The van der Waals surface area contributed by atoms with E-state index in [2.05, 4.69) is 32.7 Å². The summed E-state index contributed by atoms with van der Waals surface area (Å²) in [5.41, 5.74) is 6.59. The first-order chi connectivity index (χ1) is 14.4. The molecule has 7 heteroatoms. The van der Waals surface area contributed by atoms with Crippen molar-refractivity contribution in [2.45, 2.75) is 27.2 Å². The zero-order chi connectivity index (χ0) is 21.3. The summed E-state index contributed by atoms with van der Waals surface area (Å²) in [6.45, 7) is 6.52. The number of aryl methyl sites for hydroxylation is 2. The van der Waals surface area contributed by atoms with E-state index in [1.807, 2.05) is 38.2 Å². The van der Waals surface area contributed by atoms with Crippen molar-refractivity contribution in [3.63, 3.8) is 0 Å². The minimum atomic E-state index is -0.128. The topological polar surface area (TPSA) is 90.1 Å². The van der Waals surface area contributed by atoms with Gasteiger partial charge in [0.1, 0.15) is 5.65 Å². The fourth-order valence-electron chi connectivity index (χ4n) is 3.93. The molecule has 3 heterocycles. The molecule has 1 aliphatic heterocycles. The second-order valence-corrected chi connectivity index (χ2v) is 7.62. The van der Waals surface area contributed by atoms with Crippen LogP contribution >= 0.6 is 0 Å². The Bertz CT molecular complexity index is 1140. The molecule has 0 unspecified atom stereocenters. The number of fused-ring (bicyclic) bond motifs is 1. The van der Waals surface area contributed by atoms with Gasteiger partial charge in [-0.15, -0.1) is 0 Å². The molecule has 0 aliphatic carbocycles. The molecule has 30 heavy (non-hydrogen) atoms. The Kier molecular flexibility index (Phi) is 5.27. The SMILES string of the molecule is CC(=O)Nc1c(C)cc(NC(=O)N2CC=C(c3c[nH]c4ncccc34)CC2)cc1C. The number of nitrogens with zero attached hydrogens (tertiary/aromatic N) is 2. The number of amides is 3. The number of hydrogen-bond acceptors (Lipinski definition) is 3. The van der Waals surface area contributed by atoms with E-state index in [1.54, 1.807) is 11.1 Å². The second kappa shape index (κ2) is 8.02. The van der Waals surface area contributed by atoms with Gasteiger partial charge in [0.25, 0.3) is 0 Å². The van der Waals surface area contributed by atoms with Crippen molar-refractivity contribution in [1.82, 2.24) is 14.9 Å². The van der Waals surface area contributed by atoms with Gasteiger partial charge in [-0.3, -0.25) is 4.79 Å².